The molecule has 2 aromatic rings. The van der Waals surface area contributed by atoms with Gasteiger partial charge in [0, 0.05) is 24.7 Å². The average molecular weight is 505 g/mol. The summed E-state index contributed by atoms with van der Waals surface area (Å²) in [6, 6.07) is 11.6. The topological polar surface area (TPSA) is 130 Å². The van der Waals surface area contributed by atoms with Crippen molar-refractivity contribution in [2.75, 3.05) is 17.1 Å². The van der Waals surface area contributed by atoms with Gasteiger partial charge in [-0.15, -0.1) is 0 Å². The number of rotatable bonds is 11. The van der Waals surface area contributed by atoms with Gasteiger partial charge in [-0.3, -0.25) is 24.0 Å². The minimum absolute atomic E-state index is 0.00924. The van der Waals surface area contributed by atoms with E-state index in [-0.39, 0.29) is 29.9 Å². The SMILES string of the molecule is CCC(C(=O)NC(C)C)N(Cc1ccc(C)cc1)C(=O)CN(c1cccc([N+](=O)[O-])c1)S(C)(=O)=O. The number of carbonyl (C=O) groups is 2. The average Bonchev–Trinajstić information content (AvgIpc) is 2.77. The number of anilines is 1. The molecule has 0 spiro atoms. The lowest BCUT2D eigenvalue weighted by Crippen LogP contribution is -2.53. The molecule has 190 valence electrons. The standard InChI is InChI=1S/C24H32N4O6S/c1-6-22(24(30)25-17(2)3)26(15-19-12-10-18(4)11-13-19)23(29)16-27(35(5,33)34)20-8-7-9-21(14-20)28(31)32/h7-14,17,22H,6,15-16H2,1-5H3,(H,25,30). The van der Waals surface area contributed by atoms with Crippen LogP contribution in [0, 0.1) is 17.0 Å². The molecule has 0 saturated heterocycles. The summed E-state index contributed by atoms with van der Waals surface area (Å²) in [7, 11) is -3.98. The van der Waals surface area contributed by atoms with Crippen LogP contribution >= 0.6 is 0 Å². The molecule has 11 heteroatoms. The maximum absolute atomic E-state index is 13.6. The molecule has 35 heavy (non-hydrogen) atoms. The summed E-state index contributed by atoms with van der Waals surface area (Å²) in [4.78, 5) is 38.4. The predicted molar refractivity (Wildman–Crippen MR) is 134 cm³/mol. The molecule has 0 radical (unpaired) electrons. The minimum Gasteiger partial charge on any atom is -0.352 e. The van der Waals surface area contributed by atoms with E-state index in [0.717, 1.165) is 27.8 Å². The zero-order chi connectivity index (χ0) is 26.3. The molecule has 0 saturated carbocycles. The fraction of sp³-hybridized carbons (Fsp3) is 0.417. The van der Waals surface area contributed by atoms with Crippen molar-refractivity contribution in [2.45, 2.75) is 52.7 Å². The highest BCUT2D eigenvalue weighted by Gasteiger charge is 2.32. The first kappa shape index (κ1) is 27.8. The smallest absolute Gasteiger partial charge is 0.271 e. The molecule has 0 heterocycles. The zero-order valence-corrected chi connectivity index (χ0v) is 21.4. The predicted octanol–water partition coefficient (Wildman–Crippen LogP) is 3.00. The van der Waals surface area contributed by atoms with E-state index in [1.807, 2.05) is 45.0 Å². The van der Waals surface area contributed by atoms with Gasteiger partial charge in [-0.1, -0.05) is 42.8 Å². The summed E-state index contributed by atoms with van der Waals surface area (Å²) in [6.45, 7) is 6.80. The lowest BCUT2D eigenvalue weighted by molar-refractivity contribution is -0.384. The van der Waals surface area contributed by atoms with Crippen LogP contribution in [-0.2, 0) is 26.2 Å². The van der Waals surface area contributed by atoms with Crippen molar-refractivity contribution in [2.24, 2.45) is 0 Å². The van der Waals surface area contributed by atoms with Gasteiger partial charge in [-0.2, -0.15) is 0 Å². The monoisotopic (exact) mass is 504 g/mol. The molecule has 1 N–H and O–H groups in total. The summed E-state index contributed by atoms with van der Waals surface area (Å²) < 4.78 is 26.0. The van der Waals surface area contributed by atoms with E-state index in [1.54, 1.807) is 6.92 Å². The molecule has 2 amide bonds. The normalized spacial score (nSPS) is 12.2. The number of nitro groups is 1. The van der Waals surface area contributed by atoms with Gasteiger partial charge in [0.2, 0.25) is 21.8 Å². The summed E-state index contributed by atoms with van der Waals surface area (Å²) in [5.74, 6) is -0.947. The second kappa shape index (κ2) is 11.8. The highest BCUT2D eigenvalue weighted by atomic mass is 32.2. The van der Waals surface area contributed by atoms with E-state index in [2.05, 4.69) is 5.32 Å². The Kier molecular flexibility index (Phi) is 9.35. The second-order valence-corrected chi connectivity index (χ2v) is 10.5. The summed E-state index contributed by atoms with van der Waals surface area (Å²) in [5, 5.41) is 14.0. The Balaban J connectivity index is 2.47. The molecule has 0 aliphatic carbocycles. The van der Waals surface area contributed by atoms with Crippen molar-refractivity contribution in [1.82, 2.24) is 10.2 Å². The fourth-order valence-electron chi connectivity index (χ4n) is 3.57. The number of nitro benzene ring substituents is 1. The number of nitrogens with one attached hydrogen (secondary N) is 1. The molecule has 1 atom stereocenters. The molecule has 0 bridgehead atoms. The first-order chi connectivity index (χ1) is 16.3. The van der Waals surface area contributed by atoms with E-state index in [1.165, 1.54) is 23.1 Å². The molecular weight excluding hydrogens is 472 g/mol. The van der Waals surface area contributed by atoms with Gasteiger partial charge in [0.1, 0.15) is 12.6 Å². The Morgan fingerprint density at radius 2 is 1.74 bits per heavy atom. The van der Waals surface area contributed by atoms with Gasteiger partial charge in [0.15, 0.2) is 0 Å². The summed E-state index contributed by atoms with van der Waals surface area (Å²) in [5.41, 5.74) is 1.50. The molecule has 0 fully saturated rings. The van der Waals surface area contributed by atoms with Crippen LogP contribution in [0.1, 0.15) is 38.3 Å². The van der Waals surface area contributed by atoms with Gasteiger partial charge < -0.3 is 10.2 Å². The Labute approximate surface area is 206 Å². The van der Waals surface area contributed by atoms with Gasteiger partial charge in [-0.05, 0) is 38.8 Å². The zero-order valence-electron chi connectivity index (χ0n) is 20.6. The summed E-state index contributed by atoms with van der Waals surface area (Å²) >= 11 is 0. The van der Waals surface area contributed by atoms with E-state index >= 15 is 0 Å². The highest BCUT2D eigenvalue weighted by molar-refractivity contribution is 7.92. The molecule has 2 aromatic carbocycles. The van der Waals surface area contributed by atoms with Crippen LogP contribution in [-0.4, -0.2) is 54.9 Å². The van der Waals surface area contributed by atoms with Crippen molar-refractivity contribution in [1.29, 1.82) is 0 Å². The van der Waals surface area contributed by atoms with Crippen LogP contribution < -0.4 is 9.62 Å². The Morgan fingerprint density at radius 1 is 1.11 bits per heavy atom. The summed E-state index contributed by atoms with van der Waals surface area (Å²) in [6.07, 6.45) is 1.23. The Morgan fingerprint density at radius 3 is 2.26 bits per heavy atom. The number of carbonyl (C=O) groups excluding carboxylic acids is 2. The van der Waals surface area contributed by atoms with Crippen LogP contribution in [0.3, 0.4) is 0 Å². The largest absolute Gasteiger partial charge is 0.352 e. The maximum Gasteiger partial charge on any atom is 0.271 e. The van der Waals surface area contributed by atoms with Gasteiger partial charge in [0.05, 0.1) is 16.9 Å². The first-order valence-electron chi connectivity index (χ1n) is 11.2. The van der Waals surface area contributed by atoms with Crippen LogP contribution in [0.5, 0.6) is 0 Å². The third kappa shape index (κ3) is 7.78. The van der Waals surface area contributed by atoms with Gasteiger partial charge in [0.25, 0.3) is 5.69 Å². The molecule has 0 aliphatic rings. The lowest BCUT2D eigenvalue weighted by Gasteiger charge is -2.33. The van der Waals surface area contributed by atoms with Crippen LogP contribution in [0.15, 0.2) is 48.5 Å². The molecular formula is C24H32N4O6S. The van der Waals surface area contributed by atoms with Crippen molar-refractivity contribution in [3.05, 3.63) is 69.8 Å². The van der Waals surface area contributed by atoms with Gasteiger partial charge >= 0.3 is 0 Å². The number of hydrogen-bond acceptors (Lipinski definition) is 6. The maximum atomic E-state index is 13.6. The van der Waals surface area contributed by atoms with E-state index < -0.39 is 33.4 Å². The second-order valence-electron chi connectivity index (χ2n) is 8.64. The molecule has 0 aliphatic heterocycles. The molecule has 2 rings (SSSR count). The van der Waals surface area contributed by atoms with E-state index in [4.69, 9.17) is 0 Å². The highest BCUT2D eigenvalue weighted by Crippen LogP contribution is 2.24. The van der Waals surface area contributed by atoms with Crippen molar-refractivity contribution >= 4 is 33.2 Å². The Bertz CT molecular complexity index is 1160. The Hall–Kier alpha value is -3.47. The first-order valence-corrected chi connectivity index (χ1v) is 13.1. The third-order valence-corrected chi connectivity index (χ3v) is 6.44. The van der Waals surface area contributed by atoms with Crippen molar-refractivity contribution in [3.8, 4) is 0 Å². The van der Waals surface area contributed by atoms with Gasteiger partial charge in [-0.25, -0.2) is 8.42 Å². The van der Waals surface area contributed by atoms with Crippen molar-refractivity contribution in [3.63, 3.8) is 0 Å². The number of aryl methyl sites for hydroxylation is 1. The quantitative estimate of drug-likeness (QED) is 0.370. The number of nitrogens with zero attached hydrogens (tertiary/aromatic N) is 3. The molecule has 1 unspecified atom stereocenters. The van der Waals surface area contributed by atoms with E-state index in [9.17, 15) is 28.1 Å². The van der Waals surface area contributed by atoms with Crippen molar-refractivity contribution < 1.29 is 22.9 Å². The molecule has 10 nitrogen and oxygen atoms in total. The van der Waals surface area contributed by atoms with Crippen LogP contribution in [0.25, 0.3) is 0 Å². The minimum atomic E-state index is -3.98. The third-order valence-electron chi connectivity index (χ3n) is 5.30. The number of amides is 2. The van der Waals surface area contributed by atoms with Crippen LogP contribution in [0.2, 0.25) is 0 Å². The fourth-order valence-corrected chi connectivity index (χ4v) is 4.41. The number of benzene rings is 2. The van der Waals surface area contributed by atoms with Crippen LogP contribution in [0.4, 0.5) is 11.4 Å². The number of hydrogen-bond donors (Lipinski definition) is 1. The molecule has 0 aromatic heterocycles. The van der Waals surface area contributed by atoms with E-state index in [0.29, 0.717) is 6.42 Å². The lowest BCUT2D eigenvalue weighted by atomic mass is 10.1. The number of sulfonamides is 1. The number of non-ortho nitro benzene ring substituents is 1.